The minimum absolute atomic E-state index is 0.0287. The second kappa shape index (κ2) is 6.96. The third-order valence-corrected chi connectivity index (χ3v) is 3.78. The summed E-state index contributed by atoms with van der Waals surface area (Å²) in [6.07, 6.45) is 0. The Labute approximate surface area is 140 Å². The molecule has 8 heteroatoms. The molecule has 2 aromatic carbocycles. The number of non-ortho nitro benzene ring substituents is 1. The first kappa shape index (κ1) is 16.5. The SMILES string of the molecule is O=C(NCc1ccc(Cl)cc1Cl)c1cc([N+](=O)[O-])ccc1Cl. The lowest BCUT2D eigenvalue weighted by atomic mass is 10.1. The van der Waals surface area contributed by atoms with Crippen LogP contribution in [0.25, 0.3) is 0 Å². The van der Waals surface area contributed by atoms with E-state index < -0.39 is 10.8 Å². The van der Waals surface area contributed by atoms with Crippen LogP contribution in [0.2, 0.25) is 15.1 Å². The van der Waals surface area contributed by atoms with Crippen LogP contribution < -0.4 is 5.32 Å². The molecule has 2 aromatic rings. The molecule has 1 amide bonds. The highest BCUT2D eigenvalue weighted by Crippen LogP contribution is 2.23. The van der Waals surface area contributed by atoms with Crippen molar-refractivity contribution >= 4 is 46.4 Å². The van der Waals surface area contributed by atoms with Crippen molar-refractivity contribution in [3.63, 3.8) is 0 Å². The zero-order chi connectivity index (χ0) is 16.3. The number of benzene rings is 2. The van der Waals surface area contributed by atoms with E-state index in [4.69, 9.17) is 34.8 Å². The molecule has 0 bridgehead atoms. The van der Waals surface area contributed by atoms with Crippen LogP contribution in [-0.2, 0) is 6.54 Å². The topological polar surface area (TPSA) is 72.2 Å². The second-order valence-corrected chi connectivity index (χ2v) is 5.59. The predicted octanol–water partition coefficient (Wildman–Crippen LogP) is 4.49. The standard InChI is InChI=1S/C14H9Cl3N2O3/c15-9-2-1-8(13(17)5-9)7-18-14(20)11-6-10(19(21)22)3-4-12(11)16/h1-6H,7H2,(H,18,20). The summed E-state index contributed by atoms with van der Waals surface area (Å²) in [5.41, 5.74) is 0.487. The van der Waals surface area contributed by atoms with E-state index in [0.717, 1.165) is 6.07 Å². The highest BCUT2D eigenvalue weighted by molar-refractivity contribution is 6.35. The number of hydrogen-bond donors (Lipinski definition) is 1. The summed E-state index contributed by atoms with van der Waals surface area (Å²) in [6.45, 7) is 0.147. The molecule has 0 saturated heterocycles. The molecule has 0 aliphatic carbocycles. The number of nitrogens with one attached hydrogen (secondary N) is 1. The van der Waals surface area contributed by atoms with Crippen molar-refractivity contribution in [3.05, 3.63) is 72.7 Å². The number of carbonyl (C=O) groups excluding carboxylic acids is 1. The lowest BCUT2D eigenvalue weighted by Gasteiger charge is -2.08. The monoisotopic (exact) mass is 358 g/mol. The van der Waals surface area contributed by atoms with Gasteiger partial charge in [-0.2, -0.15) is 0 Å². The average Bonchev–Trinajstić information content (AvgIpc) is 2.46. The van der Waals surface area contributed by atoms with E-state index in [1.54, 1.807) is 18.2 Å². The number of hydrogen-bond acceptors (Lipinski definition) is 3. The van der Waals surface area contributed by atoms with Crippen molar-refractivity contribution in [3.8, 4) is 0 Å². The summed E-state index contributed by atoms with van der Waals surface area (Å²) in [5, 5.41) is 14.4. The Morgan fingerprint density at radius 1 is 1.09 bits per heavy atom. The molecule has 114 valence electrons. The molecule has 2 rings (SSSR count). The van der Waals surface area contributed by atoms with E-state index in [1.165, 1.54) is 12.1 Å². The van der Waals surface area contributed by atoms with Crippen molar-refractivity contribution in [1.29, 1.82) is 0 Å². The van der Waals surface area contributed by atoms with Gasteiger partial charge in [-0.1, -0.05) is 40.9 Å². The first-order valence-corrected chi connectivity index (χ1v) is 7.18. The van der Waals surface area contributed by atoms with E-state index in [9.17, 15) is 14.9 Å². The molecule has 1 N–H and O–H groups in total. The van der Waals surface area contributed by atoms with Crippen molar-refractivity contribution in [2.45, 2.75) is 6.54 Å². The van der Waals surface area contributed by atoms with Gasteiger partial charge in [0, 0.05) is 28.7 Å². The van der Waals surface area contributed by atoms with E-state index in [-0.39, 0.29) is 22.8 Å². The van der Waals surface area contributed by atoms with Gasteiger partial charge in [0.05, 0.1) is 15.5 Å². The minimum atomic E-state index is -0.594. The molecule has 5 nitrogen and oxygen atoms in total. The van der Waals surface area contributed by atoms with E-state index in [0.29, 0.717) is 15.6 Å². The van der Waals surface area contributed by atoms with Crippen LogP contribution in [0.1, 0.15) is 15.9 Å². The lowest BCUT2D eigenvalue weighted by molar-refractivity contribution is -0.384. The van der Waals surface area contributed by atoms with Crippen LogP contribution in [-0.4, -0.2) is 10.8 Å². The summed E-state index contributed by atoms with van der Waals surface area (Å²) in [7, 11) is 0. The molecule has 0 radical (unpaired) electrons. The van der Waals surface area contributed by atoms with Gasteiger partial charge < -0.3 is 5.32 Å². The maximum atomic E-state index is 12.1. The zero-order valence-corrected chi connectivity index (χ0v) is 13.2. The largest absolute Gasteiger partial charge is 0.348 e. The number of nitrogens with zero attached hydrogens (tertiary/aromatic N) is 1. The maximum absolute atomic E-state index is 12.1. The fraction of sp³-hybridized carbons (Fsp3) is 0.0714. The molecule has 0 aromatic heterocycles. The van der Waals surface area contributed by atoms with Gasteiger partial charge in [-0.15, -0.1) is 0 Å². The highest BCUT2D eigenvalue weighted by atomic mass is 35.5. The number of nitro benzene ring substituents is 1. The van der Waals surface area contributed by atoms with Crippen molar-refractivity contribution in [2.24, 2.45) is 0 Å². The van der Waals surface area contributed by atoms with Crippen LogP contribution in [0.4, 0.5) is 5.69 Å². The molecular weight excluding hydrogens is 351 g/mol. The smallest absolute Gasteiger partial charge is 0.270 e. The molecule has 0 heterocycles. The summed E-state index contributed by atoms with van der Waals surface area (Å²) < 4.78 is 0. The normalized spacial score (nSPS) is 10.3. The molecular formula is C14H9Cl3N2O3. The second-order valence-electron chi connectivity index (χ2n) is 4.34. The van der Waals surface area contributed by atoms with Crippen molar-refractivity contribution in [2.75, 3.05) is 0 Å². The Bertz CT molecular complexity index is 750. The lowest BCUT2D eigenvalue weighted by Crippen LogP contribution is -2.23. The van der Waals surface area contributed by atoms with E-state index in [2.05, 4.69) is 5.32 Å². The fourth-order valence-corrected chi connectivity index (χ4v) is 2.42. The number of amides is 1. The van der Waals surface area contributed by atoms with Crippen molar-refractivity contribution in [1.82, 2.24) is 5.32 Å². The molecule has 22 heavy (non-hydrogen) atoms. The quantitative estimate of drug-likeness (QED) is 0.646. The van der Waals surface area contributed by atoms with Gasteiger partial charge in [0.2, 0.25) is 0 Å². The molecule has 0 aliphatic rings. The van der Waals surface area contributed by atoms with Crippen LogP contribution >= 0.6 is 34.8 Å². The summed E-state index contributed by atoms with van der Waals surface area (Å²) in [6, 6.07) is 8.56. The average molecular weight is 360 g/mol. The summed E-state index contributed by atoms with van der Waals surface area (Å²) in [5.74, 6) is -0.528. The number of carbonyl (C=O) groups is 1. The highest BCUT2D eigenvalue weighted by Gasteiger charge is 2.16. The Hall–Kier alpha value is -1.82. The fourth-order valence-electron chi connectivity index (χ4n) is 1.74. The minimum Gasteiger partial charge on any atom is -0.348 e. The van der Waals surface area contributed by atoms with Gasteiger partial charge >= 0.3 is 0 Å². The Morgan fingerprint density at radius 3 is 2.45 bits per heavy atom. The molecule has 0 spiro atoms. The van der Waals surface area contributed by atoms with Gasteiger partial charge in [0.25, 0.3) is 11.6 Å². The molecule has 0 aliphatic heterocycles. The van der Waals surface area contributed by atoms with Crippen molar-refractivity contribution < 1.29 is 9.72 Å². The predicted molar refractivity (Wildman–Crippen MR) is 85.7 cm³/mol. The third-order valence-electron chi connectivity index (χ3n) is 2.86. The van der Waals surface area contributed by atoms with Gasteiger partial charge in [-0.25, -0.2) is 0 Å². The summed E-state index contributed by atoms with van der Waals surface area (Å²) >= 11 is 17.7. The Morgan fingerprint density at radius 2 is 1.82 bits per heavy atom. The van der Waals surface area contributed by atoms with Gasteiger partial charge in [0.15, 0.2) is 0 Å². The summed E-state index contributed by atoms with van der Waals surface area (Å²) in [4.78, 5) is 22.3. The maximum Gasteiger partial charge on any atom is 0.270 e. The van der Waals surface area contributed by atoms with Gasteiger partial charge in [-0.05, 0) is 23.8 Å². The first-order chi connectivity index (χ1) is 10.4. The van der Waals surface area contributed by atoms with Gasteiger partial charge in [0.1, 0.15) is 0 Å². The molecule has 0 fully saturated rings. The molecule has 0 atom stereocenters. The zero-order valence-electron chi connectivity index (χ0n) is 11.0. The Balaban J connectivity index is 2.15. The first-order valence-electron chi connectivity index (χ1n) is 6.04. The Kier molecular flexibility index (Phi) is 5.24. The van der Waals surface area contributed by atoms with E-state index >= 15 is 0 Å². The van der Waals surface area contributed by atoms with Crippen LogP contribution in [0.3, 0.4) is 0 Å². The van der Waals surface area contributed by atoms with Gasteiger partial charge in [-0.3, -0.25) is 14.9 Å². The molecule has 0 saturated carbocycles. The number of halogens is 3. The third kappa shape index (κ3) is 3.88. The van der Waals surface area contributed by atoms with Crippen LogP contribution in [0.15, 0.2) is 36.4 Å². The van der Waals surface area contributed by atoms with Crippen LogP contribution in [0, 0.1) is 10.1 Å². The molecule has 0 unspecified atom stereocenters. The van der Waals surface area contributed by atoms with Crippen LogP contribution in [0.5, 0.6) is 0 Å². The number of nitro groups is 1. The van der Waals surface area contributed by atoms with E-state index in [1.807, 2.05) is 0 Å². The number of rotatable bonds is 4.